The Morgan fingerprint density at radius 2 is 1.93 bits per heavy atom. The van der Waals surface area contributed by atoms with E-state index >= 15 is 0 Å². The Labute approximate surface area is 93.6 Å². The lowest BCUT2D eigenvalue weighted by Crippen LogP contribution is -2.31. The van der Waals surface area contributed by atoms with Crippen LogP contribution in [0.15, 0.2) is 12.2 Å². The lowest BCUT2D eigenvalue weighted by atomic mass is 9.76. The summed E-state index contributed by atoms with van der Waals surface area (Å²) in [5, 5.41) is 10.4. The molecule has 3 atom stereocenters. The molecule has 2 aliphatic carbocycles. The number of allylic oxidation sites excluding steroid dienone is 1. The summed E-state index contributed by atoms with van der Waals surface area (Å²) in [7, 11) is 0. The van der Waals surface area contributed by atoms with E-state index in [9.17, 15) is 5.11 Å². The molecule has 0 aromatic carbocycles. The van der Waals surface area contributed by atoms with Crippen molar-refractivity contribution in [3.63, 3.8) is 0 Å². The molecule has 0 saturated heterocycles. The fraction of sp³-hybridized carbons (Fsp3) is 0.857. The summed E-state index contributed by atoms with van der Waals surface area (Å²) in [4.78, 5) is 0. The summed E-state index contributed by atoms with van der Waals surface area (Å²) in [5.74, 6) is 1.79. The minimum Gasteiger partial charge on any atom is -0.392 e. The second kappa shape index (κ2) is 5.16. The van der Waals surface area contributed by atoms with Crippen LogP contribution in [0.3, 0.4) is 0 Å². The number of hydrogen-bond donors (Lipinski definition) is 1. The quantitative estimate of drug-likeness (QED) is 0.688. The molecule has 0 aromatic rings. The molecule has 0 spiro atoms. The topological polar surface area (TPSA) is 20.2 Å². The molecule has 86 valence electrons. The van der Waals surface area contributed by atoms with Gasteiger partial charge < -0.3 is 5.11 Å². The van der Waals surface area contributed by atoms with Gasteiger partial charge in [0.2, 0.25) is 0 Å². The van der Waals surface area contributed by atoms with Gasteiger partial charge in [-0.25, -0.2) is 0 Å². The van der Waals surface area contributed by atoms with Gasteiger partial charge in [-0.15, -0.1) is 0 Å². The van der Waals surface area contributed by atoms with E-state index in [4.69, 9.17) is 0 Å². The summed E-state index contributed by atoms with van der Waals surface area (Å²) in [6.45, 7) is 2.30. The first kappa shape index (κ1) is 11.2. The second-order valence-corrected chi connectivity index (χ2v) is 5.56. The molecule has 0 radical (unpaired) electrons. The van der Waals surface area contributed by atoms with Crippen LogP contribution in [-0.2, 0) is 0 Å². The van der Waals surface area contributed by atoms with Crippen LogP contribution in [0.25, 0.3) is 0 Å². The van der Waals surface area contributed by atoms with Gasteiger partial charge in [-0.2, -0.15) is 0 Å². The van der Waals surface area contributed by atoms with Crippen LogP contribution in [0.2, 0.25) is 0 Å². The highest BCUT2D eigenvalue weighted by molar-refractivity contribution is 4.99. The van der Waals surface area contributed by atoms with E-state index in [2.05, 4.69) is 19.1 Å². The van der Waals surface area contributed by atoms with Crippen molar-refractivity contribution >= 4 is 0 Å². The summed E-state index contributed by atoms with van der Waals surface area (Å²) in [6.07, 6.45) is 13.4. The van der Waals surface area contributed by atoms with Gasteiger partial charge in [-0.3, -0.25) is 0 Å². The molecule has 1 saturated carbocycles. The first-order valence-corrected chi connectivity index (χ1v) is 6.62. The van der Waals surface area contributed by atoms with Crippen LogP contribution in [-0.4, -0.2) is 11.2 Å². The third kappa shape index (κ3) is 2.84. The molecule has 2 aliphatic rings. The van der Waals surface area contributed by atoms with E-state index in [1.807, 2.05) is 0 Å². The number of aliphatic hydroxyl groups excluding tert-OH is 1. The fourth-order valence-electron chi connectivity index (χ4n) is 3.20. The molecule has 0 aliphatic heterocycles. The Bertz CT molecular complexity index is 215. The smallest absolute Gasteiger partial charge is 0.0631 e. The maximum Gasteiger partial charge on any atom is 0.0631 e. The largest absolute Gasteiger partial charge is 0.392 e. The van der Waals surface area contributed by atoms with Crippen LogP contribution in [0.1, 0.15) is 51.9 Å². The van der Waals surface area contributed by atoms with Crippen LogP contribution in [0.5, 0.6) is 0 Å². The lowest BCUT2D eigenvalue weighted by molar-refractivity contribution is 0.0401. The van der Waals surface area contributed by atoms with Crippen molar-refractivity contribution in [1.29, 1.82) is 0 Å². The van der Waals surface area contributed by atoms with Crippen LogP contribution in [0, 0.1) is 17.8 Å². The highest BCUT2D eigenvalue weighted by Crippen LogP contribution is 2.34. The molecule has 0 aromatic heterocycles. The molecule has 0 amide bonds. The van der Waals surface area contributed by atoms with Gasteiger partial charge in [0.15, 0.2) is 0 Å². The number of aliphatic hydroxyl groups is 1. The normalized spacial score (nSPS) is 35.3. The minimum atomic E-state index is -0.0655. The molecule has 1 N–H and O–H groups in total. The standard InChI is InChI=1S/C14H24O/c1-11-6-5-9-13(10-11)14(15)12-7-3-2-4-8-12/h5,9,11-15H,2-4,6-8,10H2,1H3/t11-,13+,14+/m1/s1. The molecule has 15 heavy (non-hydrogen) atoms. The zero-order valence-corrected chi connectivity index (χ0v) is 9.86. The Kier molecular flexibility index (Phi) is 3.85. The van der Waals surface area contributed by atoms with Crippen molar-refractivity contribution in [2.45, 2.75) is 58.0 Å². The van der Waals surface area contributed by atoms with Crippen molar-refractivity contribution < 1.29 is 5.11 Å². The molecule has 1 heteroatoms. The zero-order valence-electron chi connectivity index (χ0n) is 9.86. The minimum absolute atomic E-state index is 0.0655. The number of rotatable bonds is 2. The highest BCUT2D eigenvalue weighted by atomic mass is 16.3. The highest BCUT2D eigenvalue weighted by Gasteiger charge is 2.29. The van der Waals surface area contributed by atoms with Gasteiger partial charge in [0.1, 0.15) is 0 Å². The predicted octanol–water partition coefficient (Wildman–Crippen LogP) is 3.53. The summed E-state index contributed by atoms with van der Waals surface area (Å²) < 4.78 is 0. The maximum absolute atomic E-state index is 10.4. The molecule has 0 unspecified atom stereocenters. The maximum atomic E-state index is 10.4. The Morgan fingerprint density at radius 3 is 2.60 bits per heavy atom. The molecule has 1 fully saturated rings. The van der Waals surface area contributed by atoms with Crippen LogP contribution < -0.4 is 0 Å². The average Bonchev–Trinajstić information content (AvgIpc) is 2.29. The van der Waals surface area contributed by atoms with Crippen molar-refractivity contribution in [2.24, 2.45) is 17.8 Å². The fourth-order valence-corrected chi connectivity index (χ4v) is 3.20. The first-order chi connectivity index (χ1) is 7.27. The monoisotopic (exact) mass is 208 g/mol. The van der Waals surface area contributed by atoms with E-state index in [0.29, 0.717) is 11.8 Å². The van der Waals surface area contributed by atoms with Gasteiger partial charge in [-0.05, 0) is 37.5 Å². The molecular formula is C14H24O. The third-order valence-corrected chi connectivity index (χ3v) is 4.17. The molecule has 1 nitrogen and oxygen atoms in total. The van der Waals surface area contributed by atoms with E-state index in [1.165, 1.54) is 44.9 Å². The SMILES string of the molecule is C[C@@H]1CC=C[C@H]([C@@H](O)C2CCCCC2)C1. The lowest BCUT2D eigenvalue weighted by Gasteiger charge is -2.33. The molecule has 0 bridgehead atoms. The Morgan fingerprint density at radius 1 is 1.20 bits per heavy atom. The summed E-state index contributed by atoms with van der Waals surface area (Å²) in [5.41, 5.74) is 0. The second-order valence-electron chi connectivity index (χ2n) is 5.56. The zero-order chi connectivity index (χ0) is 10.7. The Balaban J connectivity index is 1.91. The van der Waals surface area contributed by atoms with E-state index in [1.54, 1.807) is 0 Å². The Hall–Kier alpha value is -0.300. The van der Waals surface area contributed by atoms with Gasteiger partial charge >= 0.3 is 0 Å². The summed E-state index contributed by atoms with van der Waals surface area (Å²) >= 11 is 0. The van der Waals surface area contributed by atoms with Crippen molar-refractivity contribution in [3.05, 3.63) is 12.2 Å². The summed E-state index contributed by atoms with van der Waals surface area (Å²) in [6, 6.07) is 0. The van der Waals surface area contributed by atoms with E-state index in [0.717, 1.165) is 5.92 Å². The number of hydrogen-bond acceptors (Lipinski definition) is 1. The van der Waals surface area contributed by atoms with Crippen molar-refractivity contribution in [1.82, 2.24) is 0 Å². The van der Waals surface area contributed by atoms with Gasteiger partial charge in [0, 0.05) is 5.92 Å². The third-order valence-electron chi connectivity index (χ3n) is 4.17. The van der Waals surface area contributed by atoms with Gasteiger partial charge in [0.25, 0.3) is 0 Å². The average molecular weight is 208 g/mol. The first-order valence-electron chi connectivity index (χ1n) is 6.62. The van der Waals surface area contributed by atoms with Gasteiger partial charge in [-0.1, -0.05) is 38.3 Å². The van der Waals surface area contributed by atoms with Crippen molar-refractivity contribution in [3.8, 4) is 0 Å². The van der Waals surface area contributed by atoms with Gasteiger partial charge in [0.05, 0.1) is 6.10 Å². The molecule has 2 rings (SSSR count). The van der Waals surface area contributed by atoms with E-state index in [-0.39, 0.29) is 6.10 Å². The molecule has 0 heterocycles. The van der Waals surface area contributed by atoms with Crippen LogP contribution >= 0.6 is 0 Å². The molecular weight excluding hydrogens is 184 g/mol. The predicted molar refractivity (Wildman–Crippen MR) is 63.6 cm³/mol. The van der Waals surface area contributed by atoms with Crippen LogP contribution in [0.4, 0.5) is 0 Å². The van der Waals surface area contributed by atoms with E-state index < -0.39 is 0 Å². The van der Waals surface area contributed by atoms with Crippen molar-refractivity contribution in [2.75, 3.05) is 0 Å².